The summed E-state index contributed by atoms with van der Waals surface area (Å²) in [6.07, 6.45) is 3.64. The van der Waals surface area contributed by atoms with E-state index in [-0.39, 0.29) is 6.04 Å². The van der Waals surface area contributed by atoms with Crippen LogP contribution in [-0.4, -0.2) is 13.1 Å². The van der Waals surface area contributed by atoms with Gasteiger partial charge in [-0.05, 0) is 42.5 Å². The zero-order chi connectivity index (χ0) is 14.7. The molecule has 0 amide bonds. The summed E-state index contributed by atoms with van der Waals surface area (Å²) in [7, 11) is 0. The summed E-state index contributed by atoms with van der Waals surface area (Å²) < 4.78 is 1.14. The molecular formula is C18H21BrN2. The van der Waals surface area contributed by atoms with Crippen LogP contribution in [-0.2, 0) is 6.42 Å². The zero-order valence-corrected chi connectivity index (χ0v) is 13.7. The van der Waals surface area contributed by atoms with E-state index in [1.54, 1.807) is 0 Å². The van der Waals surface area contributed by atoms with Gasteiger partial charge >= 0.3 is 0 Å². The maximum atomic E-state index is 6.15. The summed E-state index contributed by atoms with van der Waals surface area (Å²) in [5, 5.41) is 0. The summed E-state index contributed by atoms with van der Waals surface area (Å²) in [5.74, 6) is 0. The lowest BCUT2D eigenvalue weighted by atomic mass is 10.0. The van der Waals surface area contributed by atoms with Crippen molar-refractivity contribution in [2.45, 2.75) is 25.3 Å². The summed E-state index contributed by atoms with van der Waals surface area (Å²) in [6.45, 7) is 1.69. The molecule has 2 N–H and O–H groups in total. The second kappa shape index (κ2) is 6.63. The van der Waals surface area contributed by atoms with E-state index in [9.17, 15) is 0 Å². The predicted octanol–water partition coefficient (Wildman–Crippen LogP) is 4.29. The highest BCUT2D eigenvalue weighted by Gasteiger charge is 2.24. The molecule has 3 heteroatoms. The number of rotatable bonds is 3. The van der Waals surface area contributed by atoms with Crippen LogP contribution in [0.2, 0.25) is 0 Å². The minimum absolute atomic E-state index is 0.222. The van der Waals surface area contributed by atoms with Gasteiger partial charge in [0, 0.05) is 23.2 Å². The Morgan fingerprint density at radius 2 is 1.81 bits per heavy atom. The van der Waals surface area contributed by atoms with Crippen molar-refractivity contribution in [1.29, 1.82) is 0 Å². The molecule has 2 nitrogen and oxygen atoms in total. The van der Waals surface area contributed by atoms with E-state index < -0.39 is 0 Å². The number of anilines is 1. The smallest absolute Gasteiger partial charge is 0.0675 e. The van der Waals surface area contributed by atoms with Gasteiger partial charge in [-0.25, -0.2) is 0 Å². The van der Waals surface area contributed by atoms with Crippen molar-refractivity contribution in [3.8, 4) is 0 Å². The van der Waals surface area contributed by atoms with Gasteiger partial charge in [-0.3, -0.25) is 0 Å². The van der Waals surface area contributed by atoms with Crippen LogP contribution in [0.5, 0.6) is 0 Å². The van der Waals surface area contributed by atoms with Gasteiger partial charge in [-0.1, -0.05) is 52.3 Å². The Morgan fingerprint density at radius 3 is 2.62 bits per heavy atom. The lowest BCUT2D eigenvalue weighted by molar-refractivity contribution is 0.609. The highest BCUT2D eigenvalue weighted by Crippen LogP contribution is 2.35. The number of hydrogen-bond acceptors (Lipinski definition) is 2. The van der Waals surface area contributed by atoms with Crippen LogP contribution in [0.1, 0.15) is 30.0 Å². The largest absolute Gasteiger partial charge is 0.363 e. The van der Waals surface area contributed by atoms with E-state index in [0.29, 0.717) is 6.54 Å². The molecule has 0 aromatic heterocycles. The third-order valence-corrected chi connectivity index (χ3v) is 4.98. The molecule has 3 rings (SSSR count). The van der Waals surface area contributed by atoms with Crippen molar-refractivity contribution in [2.75, 3.05) is 18.0 Å². The van der Waals surface area contributed by atoms with Crippen molar-refractivity contribution < 1.29 is 0 Å². The third kappa shape index (κ3) is 2.99. The standard InChI is InChI=1S/C18H21BrN2/c19-16-10-3-2-9-15(16)18(13-20)21-12-6-5-8-14-7-1-4-11-17(14)21/h1-4,7,9-11,18H,5-6,8,12-13,20H2. The first-order chi connectivity index (χ1) is 10.3. The van der Waals surface area contributed by atoms with Gasteiger partial charge in [0.2, 0.25) is 0 Å². The van der Waals surface area contributed by atoms with E-state index in [4.69, 9.17) is 5.73 Å². The summed E-state index contributed by atoms with van der Waals surface area (Å²) in [5.41, 5.74) is 10.2. The molecule has 0 fully saturated rings. The van der Waals surface area contributed by atoms with Gasteiger partial charge in [0.15, 0.2) is 0 Å². The molecule has 0 aliphatic carbocycles. The van der Waals surface area contributed by atoms with Crippen LogP contribution < -0.4 is 10.6 Å². The molecule has 2 aromatic carbocycles. The van der Waals surface area contributed by atoms with Crippen LogP contribution in [0, 0.1) is 0 Å². The first kappa shape index (κ1) is 14.6. The van der Waals surface area contributed by atoms with Gasteiger partial charge in [0.25, 0.3) is 0 Å². The first-order valence-electron chi connectivity index (χ1n) is 7.60. The molecule has 0 bridgehead atoms. The van der Waals surface area contributed by atoms with E-state index >= 15 is 0 Å². The minimum Gasteiger partial charge on any atom is -0.363 e. The van der Waals surface area contributed by atoms with Gasteiger partial charge < -0.3 is 10.6 Å². The van der Waals surface area contributed by atoms with Crippen LogP contribution in [0.25, 0.3) is 0 Å². The number of hydrogen-bond donors (Lipinski definition) is 1. The molecule has 1 aliphatic heterocycles. The summed E-state index contributed by atoms with van der Waals surface area (Å²) in [6, 6.07) is 17.4. The molecule has 1 atom stereocenters. The molecule has 0 saturated heterocycles. The average Bonchev–Trinajstić information content (AvgIpc) is 2.73. The lowest BCUT2D eigenvalue weighted by Crippen LogP contribution is -2.34. The van der Waals surface area contributed by atoms with Crippen molar-refractivity contribution >= 4 is 21.6 Å². The van der Waals surface area contributed by atoms with Crippen LogP contribution in [0.4, 0.5) is 5.69 Å². The molecule has 2 aromatic rings. The Kier molecular flexibility index (Phi) is 4.61. The number of benzene rings is 2. The SMILES string of the molecule is NCC(c1ccccc1Br)N1CCCCc2ccccc21. The molecule has 1 heterocycles. The Morgan fingerprint density at radius 1 is 1.05 bits per heavy atom. The lowest BCUT2D eigenvalue weighted by Gasteiger charge is -2.34. The quantitative estimate of drug-likeness (QED) is 0.899. The minimum atomic E-state index is 0.222. The van der Waals surface area contributed by atoms with E-state index in [0.717, 1.165) is 11.0 Å². The van der Waals surface area contributed by atoms with Gasteiger partial charge in [-0.2, -0.15) is 0 Å². The monoisotopic (exact) mass is 344 g/mol. The highest BCUT2D eigenvalue weighted by molar-refractivity contribution is 9.10. The summed E-state index contributed by atoms with van der Waals surface area (Å²) in [4.78, 5) is 2.49. The van der Waals surface area contributed by atoms with Crippen molar-refractivity contribution in [3.05, 3.63) is 64.1 Å². The Hall–Kier alpha value is -1.32. The second-order valence-electron chi connectivity index (χ2n) is 5.55. The van der Waals surface area contributed by atoms with Crippen LogP contribution in [0.3, 0.4) is 0 Å². The topological polar surface area (TPSA) is 29.3 Å². The molecule has 1 aliphatic rings. The van der Waals surface area contributed by atoms with E-state index in [1.165, 1.54) is 36.1 Å². The van der Waals surface area contributed by atoms with Crippen LogP contribution in [0.15, 0.2) is 53.0 Å². The van der Waals surface area contributed by atoms with Crippen molar-refractivity contribution in [3.63, 3.8) is 0 Å². The highest BCUT2D eigenvalue weighted by atomic mass is 79.9. The third-order valence-electron chi connectivity index (χ3n) is 4.26. The fraction of sp³-hybridized carbons (Fsp3) is 0.333. The number of nitrogens with two attached hydrogens (primary N) is 1. The van der Waals surface area contributed by atoms with Gasteiger partial charge in [-0.15, -0.1) is 0 Å². The number of aryl methyl sites for hydroxylation is 1. The Labute approximate surface area is 135 Å². The zero-order valence-electron chi connectivity index (χ0n) is 12.1. The molecule has 0 radical (unpaired) electrons. The van der Waals surface area contributed by atoms with E-state index in [1.807, 2.05) is 0 Å². The predicted molar refractivity (Wildman–Crippen MR) is 92.7 cm³/mol. The van der Waals surface area contributed by atoms with Crippen molar-refractivity contribution in [2.24, 2.45) is 5.73 Å². The maximum Gasteiger partial charge on any atom is 0.0675 e. The number of halogens is 1. The molecule has 0 spiro atoms. The first-order valence-corrected chi connectivity index (χ1v) is 8.39. The van der Waals surface area contributed by atoms with Crippen molar-refractivity contribution in [1.82, 2.24) is 0 Å². The van der Waals surface area contributed by atoms with E-state index in [2.05, 4.69) is 69.4 Å². The molecule has 21 heavy (non-hydrogen) atoms. The maximum absolute atomic E-state index is 6.15. The van der Waals surface area contributed by atoms with Gasteiger partial charge in [0.1, 0.15) is 0 Å². The number of nitrogens with zero attached hydrogens (tertiary/aromatic N) is 1. The number of fused-ring (bicyclic) bond motifs is 1. The molecular weight excluding hydrogens is 324 g/mol. The Balaban J connectivity index is 2.03. The van der Waals surface area contributed by atoms with Gasteiger partial charge in [0.05, 0.1) is 6.04 Å². The second-order valence-corrected chi connectivity index (χ2v) is 6.41. The van der Waals surface area contributed by atoms with Crippen LogP contribution >= 0.6 is 15.9 Å². The fourth-order valence-corrected chi connectivity index (χ4v) is 3.76. The molecule has 0 saturated carbocycles. The number of para-hydroxylation sites is 1. The molecule has 1 unspecified atom stereocenters. The average molecular weight is 345 g/mol. The summed E-state index contributed by atoms with van der Waals surface area (Å²) >= 11 is 3.68. The Bertz CT molecular complexity index is 612. The normalized spacial score (nSPS) is 16.2. The molecule has 110 valence electrons. The fourth-order valence-electron chi connectivity index (χ4n) is 3.21.